The molecule has 1 saturated heterocycles. The van der Waals surface area contributed by atoms with Crippen LogP contribution in [-0.2, 0) is 4.79 Å². The van der Waals surface area contributed by atoms with Gasteiger partial charge in [0.25, 0.3) is 0 Å². The van der Waals surface area contributed by atoms with E-state index in [0.29, 0.717) is 5.92 Å². The molecular formula is C12H24N2O. The minimum absolute atomic E-state index is 0.0851. The number of primary amides is 1. The fourth-order valence-corrected chi connectivity index (χ4v) is 2.52. The van der Waals surface area contributed by atoms with Crippen LogP contribution in [0, 0.1) is 11.8 Å². The molecule has 1 fully saturated rings. The van der Waals surface area contributed by atoms with Gasteiger partial charge in [-0.15, -0.1) is 0 Å². The average molecular weight is 212 g/mol. The average Bonchev–Trinajstić information content (AvgIpc) is 2.26. The quantitative estimate of drug-likeness (QED) is 0.728. The first kappa shape index (κ1) is 12.5. The molecule has 0 aliphatic carbocycles. The van der Waals surface area contributed by atoms with Crippen LogP contribution in [0.4, 0.5) is 0 Å². The minimum Gasteiger partial charge on any atom is -0.368 e. The van der Waals surface area contributed by atoms with Crippen molar-refractivity contribution in [2.75, 3.05) is 6.54 Å². The van der Waals surface area contributed by atoms with E-state index in [1.807, 2.05) is 0 Å². The maximum Gasteiger partial charge on any atom is 0.234 e. The van der Waals surface area contributed by atoms with Gasteiger partial charge in [0.05, 0.1) is 6.04 Å². The van der Waals surface area contributed by atoms with Crippen molar-refractivity contribution in [1.82, 2.24) is 5.32 Å². The van der Waals surface area contributed by atoms with E-state index in [4.69, 9.17) is 5.73 Å². The van der Waals surface area contributed by atoms with E-state index in [2.05, 4.69) is 19.2 Å². The van der Waals surface area contributed by atoms with Crippen LogP contribution in [0.3, 0.4) is 0 Å². The van der Waals surface area contributed by atoms with Gasteiger partial charge in [-0.25, -0.2) is 0 Å². The van der Waals surface area contributed by atoms with Crippen LogP contribution in [0.15, 0.2) is 0 Å². The Kier molecular flexibility index (Phi) is 5.09. The Bertz CT molecular complexity index is 202. The summed E-state index contributed by atoms with van der Waals surface area (Å²) in [5, 5.41) is 3.18. The van der Waals surface area contributed by atoms with E-state index >= 15 is 0 Å². The van der Waals surface area contributed by atoms with Crippen molar-refractivity contribution in [3.8, 4) is 0 Å². The predicted octanol–water partition coefficient (Wildman–Crippen LogP) is 1.67. The van der Waals surface area contributed by atoms with E-state index < -0.39 is 0 Å². The Labute approximate surface area is 92.8 Å². The van der Waals surface area contributed by atoms with Gasteiger partial charge in [0.1, 0.15) is 0 Å². The minimum atomic E-state index is -0.191. The number of nitrogens with two attached hydrogens (primary N) is 1. The Morgan fingerprint density at radius 1 is 1.47 bits per heavy atom. The number of carbonyl (C=O) groups is 1. The van der Waals surface area contributed by atoms with Crippen molar-refractivity contribution in [3.05, 3.63) is 0 Å². The third kappa shape index (κ3) is 3.82. The van der Waals surface area contributed by atoms with Gasteiger partial charge in [-0.2, -0.15) is 0 Å². The molecule has 1 aliphatic rings. The number of nitrogens with one attached hydrogen (secondary N) is 1. The van der Waals surface area contributed by atoms with Crippen LogP contribution in [0.2, 0.25) is 0 Å². The molecule has 88 valence electrons. The molecule has 1 rings (SSSR count). The SMILES string of the molecule is CCC(CC)CC1CCNC(C(N)=O)C1. The highest BCUT2D eigenvalue weighted by Crippen LogP contribution is 2.26. The number of amides is 1. The summed E-state index contributed by atoms with van der Waals surface area (Å²) in [6.45, 7) is 5.44. The van der Waals surface area contributed by atoms with Gasteiger partial charge in [-0.05, 0) is 37.6 Å². The third-order valence-electron chi connectivity index (χ3n) is 3.68. The van der Waals surface area contributed by atoms with E-state index in [-0.39, 0.29) is 11.9 Å². The zero-order valence-corrected chi connectivity index (χ0v) is 9.96. The molecular weight excluding hydrogens is 188 g/mol. The van der Waals surface area contributed by atoms with Gasteiger partial charge >= 0.3 is 0 Å². The fourth-order valence-electron chi connectivity index (χ4n) is 2.52. The molecule has 15 heavy (non-hydrogen) atoms. The van der Waals surface area contributed by atoms with E-state index in [1.165, 1.54) is 25.7 Å². The molecule has 3 heteroatoms. The molecule has 2 unspecified atom stereocenters. The van der Waals surface area contributed by atoms with E-state index in [9.17, 15) is 4.79 Å². The second-order valence-electron chi connectivity index (χ2n) is 4.72. The molecule has 3 N–H and O–H groups in total. The molecule has 0 saturated carbocycles. The predicted molar refractivity (Wildman–Crippen MR) is 62.4 cm³/mol. The normalized spacial score (nSPS) is 26.9. The van der Waals surface area contributed by atoms with Gasteiger partial charge < -0.3 is 11.1 Å². The monoisotopic (exact) mass is 212 g/mol. The van der Waals surface area contributed by atoms with Crippen molar-refractivity contribution in [2.24, 2.45) is 17.6 Å². The number of piperidine rings is 1. The molecule has 0 aromatic carbocycles. The van der Waals surface area contributed by atoms with E-state index in [0.717, 1.165) is 18.9 Å². The lowest BCUT2D eigenvalue weighted by molar-refractivity contribution is -0.120. The van der Waals surface area contributed by atoms with Crippen molar-refractivity contribution in [1.29, 1.82) is 0 Å². The Morgan fingerprint density at radius 3 is 2.67 bits per heavy atom. The first-order chi connectivity index (χ1) is 7.17. The number of carbonyl (C=O) groups excluding carboxylic acids is 1. The van der Waals surface area contributed by atoms with Crippen LogP contribution < -0.4 is 11.1 Å². The van der Waals surface area contributed by atoms with Crippen LogP contribution in [0.5, 0.6) is 0 Å². The standard InChI is InChI=1S/C12H24N2O/c1-3-9(4-2)7-10-5-6-14-11(8-10)12(13)15/h9-11,14H,3-8H2,1-2H3,(H2,13,15). The maximum absolute atomic E-state index is 11.1. The number of rotatable bonds is 5. The van der Waals surface area contributed by atoms with Crippen molar-refractivity contribution >= 4 is 5.91 Å². The summed E-state index contributed by atoms with van der Waals surface area (Å²) < 4.78 is 0. The van der Waals surface area contributed by atoms with Gasteiger partial charge in [-0.1, -0.05) is 26.7 Å². The first-order valence-corrected chi connectivity index (χ1v) is 6.20. The summed E-state index contributed by atoms with van der Waals surface area (Å²) in [5.41, 5.74) is 5.32. The van der Waals surface area contributed by atoms with Gasteiger partial charge in [0.15, 0.2) is 0 Å². The summed E-state index contributed by atoms with van der Waals surface area (Å²) in [5.74, 6) is 1.32. The lowest BCUT2D eigenvalue weighted by atomic mass is 9.83. The molecule has 0 aromatic rings. The molecule has 2 atom stereocenters. The van der Waals surface area contributed by atoms with Gasteiger partial charge in [0.2, 0.25) is 5.91 Å². The molecule has 0 spiro atoms. The van der Waals surface area contributed by atoms with Crippen LogP contribution in [-0.4, -0.2) is 18.5 Å². The first-order valence-electron chi connectivity index (χ1n) is 6.20. The van der Waals surface area contributed by atoms with Crippen molar-refractivity contribution in [3.63, 3.8) is 0 Å². The lowest BCUT2D eigenvalue weighted by Crippen LogP contribution is -2.46. The Balaban J connectivity index is 2.38. The number of hydrogen-bond donors (Lipinski definition) is 2. The van der Waals surface area contributed by atoms with E-state index in [1.54, 1.807) is 0 Å². The molecule has 0 aromatic heterocycles. The highest BCUT2D eigenvalue weighted by Gasteiger charge is 2.26. The summed E-state index contributed by atoms with van der Waals surface area (Å²) in [7, 11) is 0. The lowest BCUT2D eigenvalue weighted by Gasteiger charge is -2.30. The van der Waals surface area contributed by atoms with Gasteiger partial charge in [0, 0.05) is 0 Å². The van der Waals surface area contributed by atoms with Gasteiger partial charge in [-0.3, -0.25) is 4.79 Å². The van der Waals surface area contributed by atoms with Crippen LogP contribution in [0.25, 0.3) is 0 Å². The Morgan fingerprint density at radius 2 is 2.13 bits per heavy atom. The molecule has 1 amide bonds. The summed E-state index contributed by atoms with van der Waals surface area (Å²) in [6.07, 6.45) is 5.90. The largest absolute Gasteiger partial charge is 0.368 e. The third-order valence-corrected chi connectivity index (χ3v) is 3.68. The molecule has 1 heterocycles. The van der Waals surface area contributed by atoms with Crippen molar-refractivity contribution in [2.45, 2.75) is 52.0 Å². The number of hydrogen-bond acceptors (Lipinski definition) is 2. The second-order valence-corrected chi connectivity index (χ2v) is 4.72. The fraction of sp³-hybridized carbons (Fsp3) is 0.917. The maximum atomic E-state index is 11.1. The summed E-state index contributed by atoms with van der Waals surface area (Å²) in [4.78, 5) is 11.1. The highest BCUT2D eigenvalue weighted by atomic mass is 16.1. The second kappa shape index (κ2) is 6.11. The smallest absolute Gasteiger partial charge is 0.234 e. The zero-order valence-electron chi connectivity index (χ0n) is 9.96. The highest BCUT2D eigenvalue weighted by molar-refractivity contribution is 5.79. The summed E-state index contributed by atoms with van der Waals surface area (Å²) in [6, 6.07) is -0.0851. The van der Waals surface area contributed by atoms with Crippen LogP contribution >= 0.6 is 0 Å². The molecule has 3 nitrogen and oxygen atoms in total. The Hall–Kier alpha value is -0.570. The van der Waals surface area contributed by atoms with Crippen LogP contribution in [0.1, 0.15) is 46.0 Å². The van der Waals surface area contributed by atoms with Crippen molar-refractivity contribution < 1.29 is 4.79 Å². The topological polar surface area (TPSA) is 55.1 Å². The summed E-state index contributed by atoms with van der Waals surface area (Å²) >= 11 is 0. The molecule has 1 aliphatic heterocycles. The zero-order chi connectivity index (χ0) is 11.3. The molecule has 0 bridgehead atoms. The molecule has 0 radical (unpaired) electrons.